The van der Waals surface area contributed by atoms with E-state index in [9.17, 15) is 4.79 Å². The predicted molar refractivity (Wildman–Crippen MR) is 43.5 cm³/mol. The van der Waals surface area contributed by atoms with Crippen molar-refractivity contribution in [3.8, 4) is 0 Å². The zero-order valence-electron chi connectivity index (χ0n) is 6.86. The van der Waals surface area contributed by atoms with Crippen molar-refractivity contribution in [2.75, 3.05) is 13.2 Å². The number of hydrogen-bond acceptors (Lipinski definition) is 2. The van der Waals surface area contributed by atoms with Crippen LogP contribution in [0.4, 0.5) is 0 Å². The molecular weight excluding hydrogens is 140 g/mol. The molecule has 0 bridgehead atoms. The van der Waals surface area contributed by atoms with Crippen LogP contribution in [0.3, 0.4) is 0 Å². The Bertz CT molecular complexity index is 156. The second-order valence-electron chi connectivity index (χ2n) is 2.73. The van der Waals surface area contributed by atoms with Gasteiger partial charge in [0.2, 0.25) is 6.41 Å². The van der Waals surface area contributed by atoms with E-state index in [4.69, 9.17) is 0 Å². The van der Waals surface area contributed by atoms with Crippen LogP contribution in [-0.2, 0) is 4.79 Å². The van der Waals surface area contributed by atoms with E-state index in [2.05, 4.69) is 11.8 Å². The number of carbonyl (C=O) groups excluding carboxylic acids is 1. The van der Waals surface area contributed by atoms with Crippen LogP contribution in [0.2, 0.25) is 0 Å². The van der Waals surface area contributed by atoms with Gasteiger partial charge in [0.1, 0.15) is 0 Å². The molecule has 0 aliphatic carbocycles. The minimum absolute atomic E-state index is 0.726. The molecule has 0 N–H and O–H groups in total. The predicted octanol–water partition coefficient (Wildman–Crippen LogP) is 0.989. The first-order valence-electron chi connectivity index (χ1n) is 4.00. The number of rotatable bonds is 4. The molecule has 0 aromatic carbocycles. The number of hydrogen-bond donors (Lipinski definition) is 0. The van der Waals surface area contributed by atoms with Crippen LogP contribution in [0.5, 0.6) is 0 Å². The molecule has 0 aromatic rings. The zero-order valence-corrected chi connectivity index (χ0v) is 6.86. The van der Waals surface area contributed by atoms with Gasteiger partial charge < -0.3 is 9.80 Å². The average Bonchev–Trinajstić information content (AvgIpc) is 2.48. The first-order valence-corrected chi connectivity index (χ1v) is 4.00. The van der Waals surface area contributed by atoms with E-state index in [-0.39, 0.29) is 0 Å². The molecular formula is C8H14N2O. The van der Waals surface area contributed by atoms with Crippen molar-refractivity contribution in [2.24, 2.45) is 0 Å². The Labute approximate surface area is 67.3 Å². The molecule has 11 heavy (non-hydrogen) atoms. The molecule has 1 rings (SSSR count). The second-order valence-corrected chi connectivity index (χ2v) is 2.73. The fraction of sp³-hybridized carbons (Fsp3) is 0.625. The Balaban J connectivity index is 2.20. The fourth-order valence-corrected chi connectivity index (χ4v) is 1.06. The van der Waals surface area contributed by atoms with E-state index in [1.54, 1.807) is 4.90 Å². The van der Waals surface area contributed by atoms with Crippen molar-refractivity contribution >= 4 is 6.41 Å². The van der Waals surface area contributed by atoms with Crippen molar-refractivity contribution < 1.29 is 4.79 Å². The van der Waals surface area contributed by atoms with E-state index >= 15 is 0 Å². The molecule has 3 heteroatoms. The third-order valence-corrected chi connectivity index (χ3v) is 1.75. The monoisotopic (exact) mass is 154 g/mol. The lowest BCUT2D eigenvalue weighted by Crippen LogP contribution is -2.24. The fourth-order valence-electron chi connectivity index (χ4n) is 1.06. The largest absolute Gasteiger partial charge is 0.358 e. The smallest absolute Gasteiger partial charge is 0.215 e. The summed E-state index contributed by atoms with van der Waals surface area (Å²) in [7, 11) is 0. The highest BCUT2D eigenvalue weighted by molar-refractivity contribution is 5.49. The molecule has 0 saturated carbocycles. The summed E-state index contributed by atoms with van der Waals surface area (Å²) in [5.74, 6) is 0. The molecule has 0 spiro atoms. The second kappa shape index (κ2) is 4.01. The standard InChI is InChI=1S/C8H14N2O/c1-2-3-4-9-5-6-10(7-9)8-11/h5-6,8H,2-4,7H2,1H3. The van der Waals surface area contributed by atoms with E-state index in [1.165, 1.54) is 12.8 Å². The summed E-state index contributed by atoms with van der Waals surface area (Å²) < 4.78 is 0. The van der Waals surface area contributed by atoms with Gasteiger partial charge in [-0.15, -0.1) is 0 Å². The summed E-state index contributed by atoms with van der Waals surface area (Å²) >= 11 is 0. The molecule has 0 saturated heterocycles. The van der Waals surface area contributed by atoms with Crippen molar-refractivity contribution in [2.45, 2.75) is 19.8 Å². The molecule has 1 heterocycles. The van der Waals surface area contributed by atoms with Crippen molar-refractivity contribution in [1.82, 2.24) is 9.80 Å². The molecule has 62 valence electrons. The Morgan fingerprint density at radius 2 is 2.36 bits per heavy atom. The van der Waals surface area contributed by atoms with Gasteiger partial charge in [0.25, 0.3) is 0 Å². The van der Waals surface area contributed by atoms with Gasteiger partial charge in [-0.2, -0.15) is 0 Å². The van der Waals surface area contributed by atoms with Crippen LogP contribution in [0, 0.1) is 0 Å². The van der Waals surface area contributed by atoms with Gasteiger partial charge in [0.15, 0.2) is 0 Å². The minimum atomic E-state index is 0.726. The lowest BCUT2D eigenvalue weighted by atomic mass is 10.3. The van der Waals surface area contributed by atoms with Gasteiger partial charge in [-0.3, -0.25) is 4.79 Å². The van der Waals surface area contributed by atoms with Gasteiger partial charge >= 0.3 is 0 Å². The number of carbonyl (C=O) groups is 1. The van der Waals surface area contributed by atoms with Gasteiger partial charge in [-0.25, -0.2) is 0 Å². The molecule has 3 nitrogen and oxygen atoms in total. The normalized spacial score (nSPS) is 16.1. The Kier molecular flexibility index (Phi) is 2.95. The van der Waals surface area contributed by atoms with Gasteiger partial charge in [-0.1, -0.05) is 13.3 Å². The number of amides is 1. The molecule has 0 aromatic heterocycles. The maximum Gasteiger partial charge on any atom is 0.215 e. The van der Waals surface area contributed by atoms with Crippen LogP contribution in [0.15, 0.2) is 12.4 Å². The van der Waals surface area contributed by atoms with Gasteiger partial charge in [-0.05, 0) is 6.42 Å². The quantitative estimate of drug-likeness (QED) is 0.564. The average molecular weight is 154 g/mol. The first kappa shape index (κ1) is 8.11. The Morgan fingerprint density at radius 1 is 1.55 bits per heavy atom. The third-order valence-electron chi connectivity index (χ3n) is 1.75. The minimum Gasteiger partial charge on any atom is -0.358 e. The highest BCUT2D eigenvalue weighted by Gasteiger charge is 2.08. The lowest BCUT2D eigenvalue weighted by molar-refractivity contribution is -0.116. The molecule has 0 atom stereocenters. The topological polar surface area (TPSA) is 23.6 Å². The van der Waals surface area contributed by atoms with Crippen molar-refractivity contribution in [3.63, 3.8) is 0 Å². The van der Waals surface area contributed by atoms with Crippen molar-refractivity contribution in [1.29, 1.82) is 0 Å². The summed E-state index contributed by atoms with van der Waals surface area (Å²) in [5, 5.41) is 0. The van der Waals surface area contributed by atoms with Crippen LogP contribution in [0.1, 0.15) is 19.8 Å². The zero-order chi connectivity index (χ0) is 8.10. The van der Waals surface area contributed by atoms with E-state index in [1.807, 2.05) is 12.4 Å². The molecule has 1 aliphatic heterocycles. The van der Waals surface area contributed by atoms with Crippen LogP contribution >= 0.6 is 0 Å². The molecule has 0 fully saturated rings. The van der Waals surface area contributed by atoms with E-state index < -0.39 is 0 Å². The molecule has 1 aliphatic rings. The Hall–Kier alpha value is -0.990. The van der Waals surface area contributed by atoms with E-state index in [0.29, 0.717) is 0 Å². The number of nitrogens with zero attached hydrogens (tertiary/aromatic N) is 2. The van der Waals surface area contributed by atoms with Crippen LogP contribution in [0.25, 0.3) is 0 Å². The SMILES string of the molecule is CCCCN1C=CN(C=O)C1. The molecule has 1 amide bonds. The summed E-state index contributed by atoms with van der Waals surface area (Å²) in [5.41, 5.74) is 0. The molecule has 0 radical (unpaired) electrons. The van der Waals surface area contributed by atoms with Crippen LogP contribution < -0.4 is 0 Å². The lowest BCUT2D eigenvalue weighted by Gasteiger charge is -2.16. The maximum absolute atomic E-state index is 10.3. The highest BCUT2D eigenvalue weighted by atomic mass is 16.1. The first-order chi connectivity index (χ1) is 5.36. The van der Waals surface area contributed by atoms with E-state index in [0.717, 1.165) is 19.6 Å². The van der Waals surface area contributed by atoms with Crippen LogP contribution in [-0.4, -0.2) is 29.4 Å². The van der Waals surface area contributed by atoms with Gasteiger partial charge in [0, 0.05) is 18.9 Å². The summed E-state index contributed by atoms with van der Waals surface area (Å²) in [6.07, 6.45) is 7.01. The highest BCUT2D eigenvalue weighted by Crippen LogP contribution is 2.04. The van der Waals surface area contributed by atoms with Gasteiger partial charge in [0.05, 0.1) is 6.67 Å². The summed E-state index contributed by atoms with van der Waals surface area (Å²) in [6.45, 7) is 3.94. The maximum atomic E-state index is 10.3. The third kappa shape index (κ3) is 2.26. The molecule has 0 unspecified atom stereocenters. The summed E-state index contributed by atoms with van der Waals surface area (Å²) in [6, 6.07) is 0. The number of unbranched alkanes of at least 4 members (excludes halogenated alkanes) is 1. The van der Waals surface area contributed by atoms with Crippen molar-refractivity contribution in [3.05, 3.63) is 12.4 Å². The Morgan fingerprint density at radius 3 is 2.91 bits per heavy atom. The summed E-state index contributed by atoms with van der Waals surface area (Å²) in [4.78, 5) is 14.0.